The number of nitrogens with one attached hydrogen (secondary N) is 1. The minimum atomic E-state index is 0.646. The van der Waals surface area contributed by atoms with E-state index < -0.39 is 0 Å². The molecular weight excluding hydrogens is 240 g/mol. The van der Waals surface area contributed by atoms with Crippen molar-refractivity contribution in [2.24, 2.45) is 5.92 Å². The molecule has 0 amide bonds. The van der Waals surface area contributed by atoms with Crippen LogP contribution in [0.2, 0.25) is 0 Å². The van der Waals surface area contributed by atoms with Crippen LogP contribution in [-0.4, -0.2) is 24.7 Å². The average Bonchev–Trinajstić information content (AvgIpc) is 3.01. The molecule has 1 aliphatic heterocycles. The van der Waals surface area contributed by atoms with Gasteiger partial charge in [-0.3, -0.25) is 0 Å². The van der Waals surface area contributed by atoms with Crippen molar-refractivity contribution in [1.29, 1.82) is 0 Å². The topological polar surface area (TPSA) is 47.3 Å². The molecule has 4 nitrogen and oxygen atoms in total. The number of rotatable bonds is 4. The maximum atomic E-state index is 5.75. The van der Waals surface area contributed by atoms with Crippen LogP contribution in [0, 0.1) is 5.92 Å². The zero-order chi connectivity index (χ0) is 12.9. The molecule has 0 atom stereocenters. The first kappa shape index (κ1) is 12.2. The predicted molar refractivity (Wildman–Crippen MR) is 73.0 cm³/mol. The molecule has 1 fully saturated rings. The third kappa shape index (κ3) is 3.15. The molecule has 2 aromatic heterocycles. The van der Waals surface area contributed by atoms with Crippen molar-refractivity contribution >= 4 is 0 Å². The second-order valence-electron chi connectivity index (χ2n) is 4.87. The lowest BCUT2D eigenvalue weighted by Crippen LogP contribution is -2.30. The number of nitrogens with zero attached hydrogens (tertiary/aromatic N) is 1. The molecule has 2 aromatic rings. The van der Waals surface area contributed by atoms with E-state index in [2.05, 4.69) is 10.3 Å². The van der Waals surface area contributed by atoms with E-state index in [1.54, 1.807) is 12.5 Å². The highest BCUT2D eigenvalue weighted by atomic mass is 16.5. The van der Waals surface area contributed by atoms with Crippen LogP contribution < -0.4 is 10.1 Å². The summed E-state index contributed by atoms with van der Waals surface area (Å²) in [5.41, 5.74) is 0.971. The fraction of sp³-hybridized carbons (Fsp3) is 0.400. The van der Waals surface area contributed by atoms with Gasteiger partial charge in [-0.1, -0.05) is 0 Å². The molecule has 19 heavy (non-hydrogen) atoms. The summed E-state index contributed by atoms with van der Waals surface area (Å²) in [5.74, 6) is 2.17. The van der Waals surface area contributed by atoms with Gasteiger partial charge in [0.1, 0.15) is 5.76 Å². The first-order valence-electron chi connectivity index (χ1n) is 6.75. The molecule has 0 aliphatic carbocycles. The van der Waals surface area contributed by atoms with Crippen LogP contribution in [-0.2, 0) is 0 Å². The molecule has 0 saturated carbocycles. The van der Waals surface area contributed by atoms with Crippen molar-refractivity contribution < 1.29 is 9.15 Å². The maximum Gasteiger partial charge on any atom is 0.213 e. The Hall–Kier alpha value is -1.81. The van der Waals surface area contributed by atoms with Crippen molar-refractivity contribution in [3.05, 3.63) is 36.7 Å². The van der Waals surface area contributed by atoms with Crippen molar-refractivity contribution in [1.82, 2.24) is 10.3 Å². The molecule has 0 bridgehead atoms. The summed E-state index contributed by atoms with van der Waals surface area (Å²) in [6.07, 6.45) is 5.82. The normalized spacial score (nSPS) is 16.4. The molecule has 1 saturated heterocycles. The zero-order valence-corrected chi connectivity index (χ0v) is 10.8. The maximum absolute atomic E-state index is 5.75. The Morgan fingerprint density at radius 3 is 2.84 bits per heavy atom. The van der Waals surface area contributed by atoms with Gasteiger partial charge in [-0.05, 0) is 50.0 Å². The van der Waals surface area contributed by atoms with Crippen LogP contribution in [0.1, 0.15) is 12.8 Å². The quantitative estimate of drug-likeness (QED) is 0.916. The van der Waals surface area contributed by atoms with E-state index in [1.807, 2.05) is 24.3 Å². The Bertz CT molecular complexity index is 487. The Kier molecular flexibility index (Phi) is 3.79. The van der Waals surface area contributed by atoms with Crippen LogP contribution in [0.3, 0.4) is 0 Å². The monoisotopic (exact) mass is 258 g/mol. The highest BCUT2D eigenvalue weighted by molar-refractivity contribution is 5.55. The predicted octanol–water partition coefficient (Wildman–Crippen LogP) is 2.72. The van der Waals surface area contributed by atoms with Crippen molar-refractivity contribution in [3.63, 3.8) is 0 Å². The van der Waals surface area contributed by atoms with Gasteiger partial charge in [-0.15, -0.1) is 0 Å². The van der Waals surface area contributed by atoms with E-state index in [1.165, 1.54) is 12.8 Å². The minimum absolute atomic E-state index is 0.646. The summed E-state index contributed by atoms with van der Waals surface area (Å²) in [6.45, 7) is 2.95. The first-order chi connectivity index (χ1) is 9.42. The van der Waals surface area contributed by atoms with Gasteiger partial charge in [-0.2, -0.15) is 0 Å². The van der Waals surface area contributed by atoms with Crippen molar-refractivity contribution in [2.45, 2.75) is 12.8 Å². The van der Waals surface area contributed by atoms with Crippen LogP contribution in [0.5, 0.6) is 5.88 Å². The fourth-order valence-corrected chi connectivity index (χ4v) is 2.31. The van der Waals surface area contributed by atoms with Crippen molar-refractivity contribution in [3.8, 4) is 17.2 Å². The number of furan rings is 1. The lowest BCUT2D eigenvalue weighted by molar-refractivity contribution is 0.209. The van der Waals surface area contributed by atoms with Crippen LogP contribution in [0.25, 0.3) is 11.3 Å². The van der Waals surface area contributed by atoms with E-state index in [0.29, 0.717) is 11.8 Å². The van der Waals surface area contributed by atoms with Gasteiger partial charge in [-0.25, -0.2) is 4.98 Å². The second kappa shape index (κ2) is 5.89. The van der Waals surface area contributed by atoms with E-state index in [4.69, 9.17) is 9.15 Å². The molecule has 1 N–H and O–H groups in total. The third-order valence-electron chi connectivity index (χ3n) is 3.47. The van der Waals surface area contributed by atoms with E-state index >= 15 is 0 Å². The third-order valence-corrected chi connectivity index (χ3v) is 3.47. The van der Waals surface area contributed by atoms with Gasteiger partial charge in [0.05, 0.1) is 12.9 Å². The Morgan fingerprint density at radius 2 is 2.16 bits per heavy atom. The van der Waals surface area contributed by atoms with Gasteiger partial charge in [0.15, 0.2) is 0 Å². The van der Waals surface area contributed by atoms with Gasteiger partial charge in [0.25, 0.3) is 0 Å². The standard InChI is InChI=1S/C15H18N2O2/c1-2-14(18-9-1)13-3-4-15(17-10-13)19-11-12-5-7-16-8-6-12/h1-4,9-10,12,16H,5-8,11H2. The molecule has 0 spiro atoms. The largest absolute Gasteiger partial charge is 0.477 e. The summed E-state index contributed by atoms with van der Waals surface area (Å²) in [6, 6.07) is 7.67. The number of pyridine rings is 1. The number of hydrogen-bond acceptors (Lipinski definition) is 4. The average molecular weight is 258 g/mol. The lowest BCUT2D eigenvalue weighted by Gasteiger charge is -2.22. The Labute approximate surface area is 112 Å². The smallest absolute Gasteiger partial charge is 0.213 e. The van der Waals surface area contributed by atoms with E-state index in [9.17, 15) is 0 Å². The Morgan fingerprint density at radius 1 is 1.26 bits per heavy atom. The molecule has 1 aliphatic rings. The summed E-state index contributed by atoms with van der Waals surface area (Å²) in [4.78, 5) is 4.32. The number of ether oxygens (including phenoxy) is 1. The van der Waals surface area contributed by atoms with Crippen LogP contribution in [0.4, 0.5) is 0 Å². The van der Waals surface area contributed by atoms with Crippen molar-refractivity contribution in [2.75, 3.05) is 19.7 Å². The molecule has 0 radical (unpaired) electrons. The summed E-state index contributed by atoms with van der Waals surface area (Å²) in [5, 5.41) is 3.35. The van der Waals surface area contributed by atoms with E-state index in [-0.39, 0.29) is 0 Å². The summed E-state index contributed by atoms with van der Waals surface area (Å²) < 4.78 is 11.1. The fourth-order valence-electron chi connectivity index (χ4n) is 2.31. The molecule has 3 heterocycles. The lowest BCUT2D eigenvalue weighted by atomic mass is 9.99. The van der Waals surface area contributed by atoms with Gasteiger partial charge in [0, 0.05) is 17.8 Å². The highest BCUT2D eigenvalue weighted by Gasteiger charge is 2.13. The molecule has 0 unspecified atom stereocenters. The summed E-state index contributed by atoms with van der Waals surface area (Å²) >= 11 is 0. The van der Waals surface area contributed by atoms with Crippen LogP contribution >= 0.6 is 0 Å². The number of aromatic nitrogens is 1. The highest BCUT2D eigenvalue weighted by Crippen LogP contribution is 2.21. The Balaban J connectivity index is 1.57. The van der Waals surface area contributed by atoms with Crippen LogP contribution in [0.15, 0.2) is 41.1 Å². The number of hydrogen-bond donors (Lipinski definition) is 1. The zero-order valence-electron chi connectivity index (χ0n) is 10.8. The number of piperidine rings is 1. The minimum Gasteiger partial charge on any atom is -0.477 e. The molecular formula is C15H18N2O2. The molecule has 4 heteroatoms. The van der Waals surface area contributed by atoms with Gasteiger partial charge < -0.3 is 14.5 Å². The second-order valence-corrected chi connectivity index (χ2v) is 4.87. The summed E-state index contributed by atoms with van der Waals surface area (Å²) in [7, 11) is 0. The van der Waals surface area contributed by atoms with Gasteiger partial charge in [0.2, 0.25) is 5.88 Å². The molecule has 100 valence electrons. The molecule has 0 aromatic carbocycles. The van der Waals surface area contributed by atoms with Gasteiger partial charge >= 0.3 is 0 Å². The van der Waals surface area contributed by atoms with E-state index in [0.717, 1.165) is 31.0 Å². The molecule has 3 rings (SSSR count). The SMILES string of the molecule is c1coc(-c2ccc(OCC3CCNCC3)nc2)c1. The first-order valence-corrected chi connectivity index (χ1v) is 6.75.